The van der Waals surface area contributed by atoms with E-state index in [9.17, 15) is 15.2 Å². The van der Waals surface area contributed by atoms with Gasteiger partial charge in [-0.2, -0.15) is 0 Å². The average molecular weight is 325 g/mol. The highest BCUT2D eigenvalue weighted by molar-refractivity contribution is 7.80. The number of anilines is 1. The van der Waals surface area contributed by atoms with Crippen LogP contribution in [0.1, 0.15) is 27.2 Å². The summed E-state index contributed by atoms with van der Waals surface area (Å²) in [5.74, 6) is 0.367. The zero-order valence-electron chi connectivity index (χ0n) is 12.9. The lowest BCUT2D eigenvalue weighted by Crippen LogP contribution is -2.66. The van der Waals surface area contributed by atoms with Crippen LogP contribution in [0.3, 0.4) is 0 Å². The molecule has 22 heavy (non-hydrogen) atoms. The van der Waals surface area contributed by atoms with Gasteiger partial charge in [0.1, 0.15) is 17.2 Å². The van der Waals surface area contributed by atoms with E-state index in [1.165, 1.54) is 24.1 Å². The molecule has 0 spiro atoms. The van der Waals surface area contributed by atoms with Crippen LogP contribution < -0.4 is 15.0 Å². The van der Waals surface area contributed by atoms with E-state index in [2.05, 4.69) is 5.32 Å². The zero-order valence-corrected chi connectivity index (χ0v) is 13.7. The Balaban J connectivity index is 2.55. The first-order chi connectivity index (χ1) is 10.1. The summed E-state index contributed by atoms with van der Waals surface area (Å²) in [6, 6.07) is 4.44. The Kier molecular flexibility index (Phi) is 4.01. The van der Waals surface area contributed by atoms with Gasteiger partial charge in [0.2, 0.25) is 0 Å². The third kappa shape index (κ3) is 2.97. The largest absolute Gasteiger partial charge is 0.496 e. The van der Waals surface area contributed by atoms with Crippen molar-refractivity contribution in [3.05, 3.63) is 28.3 Å². The van der Waals surface area contributed by atoms with Crippen molar-refractivity contribution in [2.24, 2.45) is 0 Å². The number of rotatable bonds is 3. The second kappa shape index (κ2) is 5.36. The minimum absolute atomic E-state index is 0.177. The van der Waals surface area contributed by atoms with Crippen LogP contribution in [0.2, 0.25) is 0 Å². The molecule has 1 heterocycles. The lowest BCUT2D eigenvalue weighted by Gasteiger charge is -2.49. The molecule has 1 fully saturated rings. The second-order valence-corrected chi connectivity index (χ2v) is 6.54. The van der Waals surface area contributed by atoms with Gasteiger partial charge in [-0.3, -0.25) is 15.0 Å². The fourth-order valence-corrected chi connectivity index (χ4v) is 3.43. The van der Waals surface area contributed by atoms with E-state index in [-0.39, 0.29) is 16.5 Å². The summed E-state index contributed by atoms with van der Waals surface area (Å²) in [7, 11) is 1.44. The van der Waals surface area contributed by atoms with Crippen molar-refractivity contribution in [2.45, 2.75) is 38.5 Å². The van der Waals surface area contributed by atoms with Crippen LogP contribution in [0, 0.1) is 10.1 Å². The number of hydrogen-bond donors (Lipinski definition) is 2. The molecule has 7 nitrogen and oxygen atoms in total. The number of nitro groups is 1. The number of hydrogen-bond acceptors (Lipinski definition) is 5. The van der Waals surface area contributed by atoms with E-state index in [1.54, 1.807) is 13.0 Å². The molecule has 1 aliphatic heterocycles. The standard InChI is InChI=1S/C14H19N3O4S/c1-13(2)8-14(3,18)16(12(22)15-13)10-6-5-9(21-4)7-11(10)17(19)20/h5-7,18H,8H2,1-4H3,(H,15,22)/t14-/m0/s1. The first-order valence-corrected chi connectivity index (χ1v) is 7.15. The molecule has 0 bridgehead atoms. The molecule has 0 aliphatic carbocycles. The molecular formula is C14H19N3O4S. The SMILES string of the molecule is COc1ccc(N2C(=S)NC(C)(C)C[C@]2(C)O)c([N+](=O)[O-])c1. The Bertz CT molecular complexity index is 631. The van der Waals surface area contributed by atoms with E-state index >= 15 is 0 Å². The van der Waals surface area contributed by atoms with Gasteiger partial charge >= 0.3 is 0 Å². The van der Waals surface area contributed by atoms with Crippen molar-refractivity contribution in [3.8, 4) is 5.75 Å². The number of thiocarbonyl (C=S) groups is 1. The summed E-state index contributed by atoms with van der Waals surface area (Å²) in [6.07, 6.45) is 0.351. The van der Waals surface area contributed by atoms with Gasteiger partial charge in [-0.25, -0.2) is 0 Å². The lowest BCUT2D eigenvalue weighted by molar-refractivity contribution is -0.384. The average Bonchev–Trinajstić information content (AvgIpc) is 2.35. The Labute approximate surface area is 134 Å². The van der Waals surface area contributed by atoms with Crippen molar-refractivity contribution in [1.29, 1.82) is 0 Å². The quantitative estimate of drug-likeness (QED) is 0.500. The summed E-state index contributed by atoms with van der Waals surface area (Å²) in [5, 5.41) is 25.5. The van der Waals surface area contributed by atoms with Crippen LogP contribution in [0.15, 0.2) is 18.2 Å². The number of nitrogens with one attached hydrogen (secondary N) is 1. The fourth-order valence-electron chi connectivity index (χ4n) is 2.86. The second-order valence-electron chi connectivity index (χ2n) is 6.15. The van der Waals surface area contributed by atoms with Crippen LogP contribution in [-0.2, 0) is 0 Å². The maximum atomic E-state index is 11.4. The monoisotopic (exact) mass is 325 g/mol. The third-order valence-corrected chi connectivity index (χ3v) is 3.81. The van der Waals surface area contributed by atoms with E-state index in [0.717, 1.165) is 0 Å². The molecule has 1 saturated heterocycles. The molecule has 0 unspecified atom stereocenters. The van der Waals surface area contributed by atoms with Gasteiger partial charge in [-0.15, -0.1) is 0 Å². The van der Waals surface area contributed by atoms with E-state index < -0.39 is 16.2 Å². The smallest absolute Gasteiger partial charge is 0.296 e. The highest BCUT2D eigenvalue weighted by Crippen LogP contribution is 2.39. The molecule has 0 saturated carbocycles. The Morgan fingerprint density at radius 2 is 2.09 bits per heavy atom. The van der Waals surface area contributed by atoms with E-state index in [0.29, 0.717) is 12.2 Å². The third-order valence-electron chi connectivity index (χ3n) is 3.53. The summed E-state index contributed by atoms with van der Waals surface area (Å²) in [6.45, 7) is 5.41. The number of methoxy groups -OCH3 is 1. The van der Waals surface area contributed by atoms with Crippen molar-refractivity contribution in [2.75, 3.05) is 12.0 Å². The van der Waals surface area contributed by atoms with Gasteiger partial charge in [0.25, 0.3) is 5.69 Å². The van der Waals surface area contributed by atoms with E-state index in [1.807, 2.05) is 13.8 Å². The predicted molar refractivity (Wildman–Crippen MR) is 87.2 cm³/mol. The Morgan fingerprint density at radius 3 is 2.59 bits per heavy atom. The highest BCUT2D eigenvalue weighted by Gasteiger charge is 2.45. The molecule has 2 N–H and O–H groups in total. The minimum atomic E-state index is -1.34. The molecule has 2 rings (SSSR count). The van der Waals surface area contributed by atoms with Crippen LogP contribution in [0.5, 0.6) is 5.75 Å². The highest BCUT2D eigenvalue weighted by atomic mass is 32.1. The summed E-state index contributed by atoms with van der Waals surface area (Å²) in [5.41, 5.74) is -1.70. The molecule has 0 radical (unpaired) electrons. The normalized spacial score (nSPS) is 23.9. The molecule has 1 atom stereocenters. The first-order valence-electron chi connectivity index (χ1n) is 6.74. The fraction of sp³-hybridized carbons (Fsp3) is 0.500. The molecule has 1 aromatic carbocycles. The van der Waals surface area contributed by atoms with Crippen molar-refractivity contribution >= 4 is 28.7 Å². The molecule has 1 aliphatic rings. The number of ether oxygens (including phenoxy) is 1. The Morgan fingerprint density at radius 1 is 1.45 bits per heavy atom. The van der Waals surface area contributed by atoms with Gasteiger partial charge < -0.3 is 15.2 Å². The first kappa shape index (κ1) is 16.4. The van der Waals surface area contributed by atoms with Crippen molar-refractivity contribution in [1.82, 2.24) is 5.32 Å². The minimum Gasteiger partial charge on any atom is -0.496 e. The van der Waals surface area contributed by atoms with Crippen molar-refractivity contribution < 1.29 is 14.8 Å². The lowest BCUT2D eigenvalue weighted by atomic mass is 9.90. The van der Waals surface area contributed by atoms with E-state index in [4.69, 9.17) is 17.0 Å². The molecular weight excluding hydrogens is 306 g/mol. The summed E-state index contributed by atoms with van der Waals surface area (Å²) < 4.78 is 5.03. The maximum Gasteiger partial charge on any atom is 0.296 e. The number of nitro benzene ring substituents is 1. The summed E-state index contributed by atoms with van der Waals surface area (Å²) >= 11 is 5.32. The van der Waals surface area contributed by atoms with Gasteiger partial charge in [0, 0.05) is 12.0 Å². The predicted octanol–water partition coefficient (Wildman–Crippen LogP) is 2.18. The molecule has 0 aromatic heterocycles. The van der Waals surface area contributed by atoms with Gasteiger partial charge in [0.05, 0.1) is 18.1 Å². The Hall–Kier alpha value is -1.93. The summed E-state index contributed by atoms with van der Waals surface area (Å²) in [4.78, 5) is 12.2. The topological polar surface area (TPSA) is 87.9 Å². The van der Waals surface area contributed by atoms with Crippen LogP contribution >= 0.6 is 12.2 Å². The number of benzene rings is 1. The van der Waals surface area contributed by atoms with Crippen LogP contribution in [0.4, 0.5) is 11.4 Å². The molecule has 0 amide bonds. The van der Waals surface area contributed by atoms with Gasteiger partial charge in [-0.1, -0.05) is 0 Å². The molecule has 1 aromatic rings. The molecule has 8 heteroatoms. The van der Waals surface area contributed by atoms with Crippen LogP contribution in [0.25, 0.3) is 0 Å². The van der Waals surface area contributed by atoms with Gasteiger partial charge in [-0.05, 0) is 45.1 Å². The number of aliphatic hydroxyl groups is 1. The number of nitrogens with zero attached hydrogens (tertiary/aromatic N) is 2. The van der Waals surface area contributed by atoms with Gasteiger partial charge in [0.15, 0.2) is 5.11 Å². The molecule has 120 valence electrons. The van der Waals surface area contributed by atoms with Crippen molar-refractivity contribution in [3.63, 3.8) is 0 Å². The maximum absolute atomic E-state index is 11.4. The van der Waals surface area contributed by atoms with Crippen LogP contribution in [-0.4, -0.2) is 33.5 Å². The zero-order chi connectivity index (χ0) is 16.7.